The van der Waals surface area contributed by atoms with Crippen molar-refractivity contribution in [2.45, 2.75) is 38.5 Å². The Hall–Kier alpha value is -2.23. The summed E-state index contributed by atoms with van der Waals surface area (Å²) < 4.78 is 1.51. The Kier molecular flexibility index (Phi) is 3.69. The number of nitrogens with zero attached hydrogens (tertiary/aromatic N) is 2. The SMILES string of the molecule is CCCC(C(=O)n1ccnc1)c1cccc2c1C(=O)CC2. The van der Waals surface area contributed by atoms with Crippen molar-refractivity contribution in [3.05, 3.63) is 53.6 Å². The number of carbonyl (C=O) groups is 2. The first-order valence-electron chi connectivity index (χ1n) is 7.39. The van der Waals surface area contributed by atoms with Crippen LogP contribution in [-0.2, 0) is 6.42 Å². The fourth-order valence-corrected chi connectivity index (χ4v) is 3.10. The van der Waals surface area contributed by atoms with Gasteiger partial charge in [-0.25, -0.2) is 4.98 Å². The molecule has 1 aliphatic rings. The van der Waals surface area contributed by atoms with Gasteiger partial charge in [0.25, 0.3) is 0 Å². The molecule has 1 aromatic heterocycles. The summed E-state index contributed by atoms with van der Waals surface area (Å²) >= 11 is 0. The van der Waals surface area contributed by atoms with E-state index in [0.717, 1.165) is 36.0 Å². The second-order valence-electron chi connectivity index (χ2n) is 5.45. The van der Waals surface area contributed by atoms with E-state index in [0.29, 0.717) is 6.42 Å². The number of carbonyl (C=O) groups excluding carboxylic acids is 2. The topological polar surface area (TPSA) is 52.0 Å². The molecule has 0 aliphatic heterocycles. The largest absolute Gasteiger partial charge is 0.294 e. The van der Waals surface area contributed by atoms with Crippen molar-refractivity contribution in [2.24, 2.45) is 0 Å². The van der Waals surface area contributed by atoms with Gasteiger partial charge < -0.3 is 0 Å². The minimum Gasteiger partial charge on any atom is -0.294 e. The molecule has 0 N–H and O–H groups in total. The first-order valence-corrected chi connectivity index (χ1v) is 7.39. The average Bonchev–Trinajstić information content (AvgIpc) is 3.14. The first kappa shape index (κ1) is 13.7. The van der Waals surface area contributed by atoms with E-state index < -0.39 is 0 Å². The summed E-state index contributed by atoms with van der Waals surface area (Å²) in [6, 6.07) is 5.88. The zero-order valence-corrected chi connectivity index (χ0v) is 12.1. The summed E-state index contributed by atoms with van der Waals surface area (Å²) in [4.78, 5) is 28.8. The molecular formula is C17H18N2O2. The van der Waals surface area contributed by atoms with Gasteiger partial charge >= 0.3 is 0 Å². The van der Waals surface area contributed by atoms with Crippen LogP contribution >= 0.6 is 0 Å². The lowest BCUT2D eigenvalue weighted by Crippen LogP contribution is -2.21. The lowest BCUT2D eigenvalue weighted by Gasteiger charge is -2.18. The number of aryl methyl sites for hydroxylation is 1. The predicted octanol–water partition coefficient (Wildman–Crippen LogP) is 3.24. The number of Topliss-reactive ketones (excluding diaryl/α,β-unsaturated/α-hetero) is 1. The van der Waals surface area contributed by atoms with Crippen molar-refractivity contribution < 1.29 is 9.59 Å². The van der Waals surface area contributed by atoms with Crippen LogP contribution in [0.25, 0.3) is 0 Å². The number of imidazole rings is 1. The zero-order valence-electron chi connectivity index (χ0n) is 12.1. The van der Waals surface area contributed by atoms with Crippen molar-refractivity contribution in [3.8, 4) is 0 Å². The molecule has 1 aromatic carbocycles. The Morgan fingerprint density at radius 1 is 1.38 bits per heavy atom. The van der Waals surface area contributed by atoms with E-state index in [1.807, 2.05) is 18.2 Å². The highest BCUT2D eigenvalue weighted by Crippen LogP contribution is 2.33. The maximum Gasteiger partial charge on any atom is 0.239 e. The normalized spacial score (nSPS) is 15.0. The molecule has 108 valence electrons. The minimum absolute atomic E-state index is 0.0116. The Bertz CT molecular complexity index is 674. The van der Waals surface area contributed by atoms with Crippen molar-refractivity contribution in [1.82, 2.24) is 9.55 Å². The van der Waals surface area contributed by atoms with Gasteiger partial charge in [0.05, 0.1) is 5.92 Å². The van der Waals surface area contributed by atoms with E-state index in [4.69, 9.17) is 0 Å². The molecule has 3 rings (SSSR count). The summed E-state index contributed by atoms with van der Waals surface area (Å²) in [6.07, 6.45) is 7.77. The molecule has 4 heteroatoms. The van der Waals surface area contributed by atoms with E-state index in [1.165, 1.54) is 10.9 Å². The van der Waals surface area contributed by atoms with Gasteiger partial charge in [0, 0.05) is 24.4 Å². The molecule has 1 heterocycles. The Labute approximate surface area is 123 Å². The second-order valence-corrected chi connectivity index (χ2v) is 5.45. The molecule has 1 unspecified atom stereocenters. The van der Waals surface area contributed by atoms with Crippen LogP contribution in [0, 0.1) is 0 Å². The predicted molar refractivity (Wildman–Crippen MR) is 79.6 cm³/mol. The second kappa shape index (κ2) is 5.64. The molecule has 1 aliphatic carbocycles. The Morgan fingerprint density at radius 3 is 2.95 bits per heavy atom. The van der Waals surface area contributed by atoms with Crippen LogP contribution in [0.2, 0.25) is 0 Å². The van der Waals surface area contributed by atoms with Crippen molar-refractivity contribution >= 4 is 11.7 Å². The van der Waals surface area contributed by atoms with Crippen LogP contribution < -0.4 is 0 Å². The van der Waals surface area contributed by atoms with Crippen molar-refractivity contribution in [3.63, 3.8) is 0 Å². The number of benzene rings is 1. The minimum atomic E-state index is -0.277. The number of rotatable bonds is 4. The molecule has 21 heavy (non-hydrogen) atoms. The summed E-state index contributed by atoms with van der Waals surface area (Å²) in [6.45, 7) is 2.05. The van der Waals surface area contributed by atoms with E-state index in [2.05, 4.69) is 11.9 Å². The third kappa shape index (κ3) is 2.42. The molecule has 0 radical (unpaired) electrons. The van der Waals surface area contributed by atoms with Crippen LogP contribution in [0.5, 0.6) is 0 Å². The number of ketones is 1. The Morgan fingerprint density at radius 2 is 2.24 bits per heavy atom. The van der Waals surface area contributed by atoms with Crippen LogP contribution in [0.4, 0.5) is 0 Å². The summed E-state index contributed by atoms with van der Waals surface area (Å²) in [7, 11) is 0. The lowest BCUT2D eigenvalue weighted by molar-refractivity contribution is 0.0871. The summed E-state index contributed by atoms with van der Waals surface area (Å²) in [5.41, 5.74) is 2.75. The highest BCUT2D eigenvalue weighted by Gasteiger charge is 2.29. The van der Waals surface area contributed by atoms with Crippen LogP contribution in [0.3, 0.4) is 0 Å². The molecule has 0 saturated carbocycles. The number of hydrogen-bond donors (Lipinski definition) is 0. The number of fused-ring (bicyclic) bond motifs is 1. The van der Waals surface area contributed by atoms with Gasteiger partial charge in [-0.1, -0.05) is 31.5 Å². The third-order valence-electron chi connectivity index (χ3n) is 4.09. The van der Waals surface area contributed by atoms with Crippen LogP contribution in [-0.4, -0.2) is 21.2 Å². The van der Waals surface area contributed by atoms with E-state index >= 15 is 0 Å². The van der Waals surface area contributed by atoms with Gasteiger partial charge in [-0.05, 0) is 24.0 Å². The smallest absolute Gasteiger partial charge is 0.239 e. The van der Waals surface area contributed by atoms with Crippen LogP contribution in [0.15, 0.2) is 36.9 Å². The highest BCUT2D eigenvalue weighted by molar-refractivity contribution is 6.03. The number of aromatic nitrogens is 2. The van der Waals surface area contributed by atoms with Crippen molar-refractivity contribution in [1.29, 1.82) is 0 Å². The van der Waals surface area contributed by atoms with Gasteiger partial charge in [0.1, 0.15) is 6.33 Å². The van der Waals surface area contributed by atoms with E-state index in [9.17, 15) is 9.59 Å². The first-order chi connectivity index (χ1) is 10.2. The molecule has 0 saturated heterocycles. The molecule has 1 atom stereocenters. The maximum atomic E-state index is 12.7. The van der Waals surface area contributed by atoms with E-state index in [1.54, 1.807) is 12.4 Å². The van der Waals surface area contributed by atoms with Gasteiger partial charge in [0.15, 0.2) is 5.78 Å². The van der Waals surface area contributed by atoms with Gasteiger partial charge in [-0.3, -0.25) is 14.2 Å². The molecule has 0 fully saturated rings. The highest BCUT2D eigenvalue weighted by atomic mass is 16.2. The van der Waals surface area contributed by atoms with Crippen molar-refractivity contribution in [2.75, 3.05) is 0 Å². The molecule has 0 amide bonds. The fraction of sp³-hybridized carbons (Fsp3) is 0.353. The molecule has 0 spiro atoms. The van der Waals surface area contributed by atoms with Gasteiger partial charge in [-0.15, -0.1) is 0 Å². The quantitative estimate of drug-likeness (QED) is 0.865. The van der Waals surface area contributed by atoms with Gasteiger partial charge in [0.2, 0.25) is 5.91 Å². The molecular weight excluding hydrogens is 264 g/mol. The summed E-state index contributed by atoms with van der Waals surface area (Å²) in [5, 5.41) is 0. The monoisotopic (exact) mass is 282 g/mol. The zero-order chi connectivity index (χ0) is 14.8. The molecule has 2 aromatic rings. The standard InChI is InChI=1S/C17H18N2O2/c1-2-4-14(17(21)19-10-9-18-11-19)13-6-3-5-12-7-8-15(20)16(12)13/h3,5-6,9-11,14H,2,4,7-8H2,1H3. The molecule has 4 nitrogen and oxygen atoms in total. The Balaban J connectivity index is 2.05. The fourth-order valence-electron chi connectivity index (χ4n) is 3.10. The van der Waals surface area contributed by atoms with E-state index in [-0.39, 0.29) is 17.6 Å². The van der Waals surface area contributed by atoms with Crippen LogP contribution in [0.1, 0.15) is 58.4 Å². The lowest BCUT2D eigenvalue weighted by atomic mass is 9.88. The number of hydrogen-bond acceptors (Lipinski definition) is 3. The maximum absolute atomic E-state index is 12.7. The molecule has 0 bridgehead atoms. The third-order valence-corrected chi connectivity index (χ3v) is 4.09. The summed E-state index contributed by atoms with van der Waals surface area (Å²) in [5.74, 6) is -0.121. The average molecular weight is 282 g/mol. The van der Waals surface area contributed by atoms with Gasteiger partial charge in [-0.2, -0.15) is 0 Å².